The van der Waals surface area contributed by atoms with E-state index in [9.17, 15) is 19.2 Å². The lowest BCUT2D eigenvalue weighted by molar-refractivity contribution is -0.144. The molecule has 0 saturated heterocycles. The maximum absolute atomic E-state index is 13.6. The van der Waals surface area contributed by atoms with E-state index in [2.05, 4.69) is 21.3 Å². The fourth-order valence-electron chi connectivity index (χ4n) is 4.82. The Bertz CT molecular complexity index is 1400. The van der Waals surface area contributed by atoms with Crippen molar-refractivity contribution in [1.82, 2.24) is 21.3 Å². The molecule has 0 aliphatic heterocycles. The molecule has 0 aliphatic rings. The van der Waals surface area contributed by atoms with Crippen molar-refractivity contribution in [1.29, 1.82) is 0 Å². The van der Waals surface area contributed by atoms with E-state index in [1.807, 2.05) is 98.8 Å². The molecule has 0 bridgehead atoms. The van der Waals surface area contributed by atoms with Crippen LogP contribution in [0.5, 0.6) is 5.75 Å². The largest absolute Gasteiger partial charge is 0.489 e. The molecule has 11 nitrogen and oxygen atoms in total. The molecule has 3 aromatic carbocycles. The number of carbonyl (C=O) groups is 4. The molecule has 3 rings (SSSR count). The number of likely N-dealkylation sites (N-methyl/N-ethyl adjacent to an activating group) is 1. The number of hydrogen-bond donors (Lipinski definition) is 4. The first kappa shape index (κ1) is 36.6. The summed E-state index contributed by atoms with van der Waals surface area (Å²) in [6.07, 6.45) is 0.152. The predicted octanol–water partition coefficient (Wildman–Crippen LogP) is 3.90. The van der Waals surface area contributed by atoms with Gasteiger partial charge in [0.25, 0.3) is 0 Å². The summed E-state index contributed by atoms with van der Waals surface area (Å²) >= 11 is 0. The van der Waals surface area contributed by atoms with Crippen LogP contribution in [0, 0.1) is 5.92 Å². The maximum Gasteiger partial charge on any atom is 0.407 e. The van der Waals surface area contributed by atoms with Crippen molar-refractivity contribution in [2.24, 2.45) is 5.92 Å². The Morgan fingerprint density at radius 1 is 0.723 bits per heavy atom. The average Bonchev–Trinajstić information content (AvgIpc) is 3.09. The third kappa shape index (κ3) is 13.2. The Morgan fingerprint density at radius 3 is 1.91 bits per heavy atom. The van der Waals surface area contributed by atoms with Crippen LogP contribution in [0.3, 0.4) is 0 Å². The van der Waals surface area contributed by atoms with E-state index in [0.717, 1.165) is 16.7 Å². The van der Waals surface area contributed by atoms with Crippen molar-refractivity contribution in [3.05, 3.63) is 102 Å². The Morgan fingerprint density at radius 2 is 1.34 bits per heavy atom. The van der Waals surface area contributed by atoms with Crippen molar-refractivity contribution in [3.63, 3.8) is 0 Å². The van der Waals surface area contributed by atoms with Crippen LogP contribution in [0.15, 0.2) is 84.9 Å². The van der Waals surface area contributed by atoms with Crippen molar-refractivity contribution in [3.8, 4) is 5.75 Å². The zero-order chi connectivity index (χ0) is 34.0. The van der Waals surface area contributed by atoms with Gasteiger partial charge in [-0.05, 0) is 47.6 Å². The van der Waals surface area contributed by atoms with Crippen LogP contribution in [-0.4, -0.2) is 62.7 Å². The topological polar surface area (TPSA) is 144 Å². The minimum atomic E-state index is -0.897. The zero-order valence-corrected chi connectivity index (χ0v) is 27.5. The number of benzene rings is 3. The fraction of sp³-hybridized carbons (Fsp3) is 0.389. The summed E-state index contributed by atoms with van der Waals surface area (Å²) in [5.74, 6) is -0.590. The van der Waals surface area contributed by atoms with Crippen LogP contribution >= 0.6 is 0 Å². The number of nitrogens with one attached hydrogen (secondary N) is 4. The van der Waals surface area contributed by atoms with Crippen LogP contribution in [0.4, 0.5) is 4.79 Å². The van der Waals surface area contributed by atoms with Gasteiger partial charge in [-0.1, -0.05) is 86.6 Å². The molecule has 0 unspecified atom stereocenters. The van der Waals surface area contributed by atoms with Gasteiger partial charge >= 0.3 is 12.1 Å². The van der Waals surface area contributed by atoms with Gasteiger partial charge in [0.15, 0.2) is 0 Å². The third-order valence-corrected chi connectivity index (χ3v) is 7.32. The second-order valence-electron chi connectivity index (χ2n) is 11.5. The number of esters is 1. The maximum atomic E-state index is 13.6. The van der Waals surface area contributed by atoms with Crippen molar-refractivity contribution in [2.45, 2.75) is 64.4 Å². The number of amides is 3. The molecule has 3 aromatic rings. The van der Waals surface area contributed by atoms with Crippen LogP contribution in [0.25, 0.3) is 0 Å². The van der Waals surface area contributed by atoms with Gasteiger partial charge in [-0.2, -0.15) is 0 Å². The monoisotopic (exact) mass is 646 g/mol. The molecule has 11 heteroatoms. The molecule has 0 saturated carbocycles. The highest BCUT2D eigenvalue weighted by Crippen LogP contribution is 2.16. The van der Waals surface area contributed by atoms with Crippen molar-refractivity contribution < 1.29 is 33.4 Å². The first-order valence-electron chi connectivity index (χ1n) is 15.7. The van der Waals surface area contributed by atoms with Gasteiger partial charge in [0.05, 0.1) is 13.2 Å². The number of carbonyl (C=O) groups excluding carboxylic acids is 4. The first-order chi connectivity index (χ1) is 22.7. The highest BCUT2D eigenvalue weighted by Gasteiger charge is 2.30. The quantitative estimate of drug-likeness (QED) is 0.152. The third-order valence-electron chi connectivity index (χ3n) is 7.32. The molecular formula is C36H46N4O7. The molecule has 0 fully saturated rings. The molecule has 0 aromatic heterocycles. The molecular weight excluding hydrogens is 600 g/mol. The van der Waals surface area contributed by atoms with Crippen LogP contribution in [0.2, 0.25) is 0 Å². The van der Waals surface area contributed by atoms with Crippen LogP contribution in [0.1, 0.15) is 43.4 Å². The first-order valence-corrected chi connectivity index (χ1v) is 15.7. The Hall–Kier alpha value is -4.90. The van der Waals surface area contributed by atoms with E-state index >= 15 is 0 Å². The van der Waals surface area contributed by atoms with E-state index in [-0.39, 0.29) is 37.8 Å². The lowest BCUT2D eigenvalue weighted by Gasteiger charge is -2.27. The molecule has 252 valence electrons. The number of alkyl carbamates (subject to hydrolysis) is 1. The highest BCUT2D eigenvalue weighted by atomic mass is 16.5. The second-order valence-corrected chi connectivity index (χ2v) is 11.5. The minimum Gasteiger partial charge on any atom is -0.489 e. The van der Waals surface area contributed by atoms with Crippen LogP contribution in [-0.2, 0) is 43.5 Å². The minimum absolute atomic E-state index is 0.0875. The number of rotatable bonds is 18. The Labute approximate surface area is 276 Å². The van der Waals surface area contributed by atoms with Gasteiger partial charge in [-0.25, -0.2) is 4.79 Å². The summed E-state index contributed by atoms with van der Waals surface area (Å²) in [4.78, 5) is 51.3. The van der Waals surface area contributed by atoms with Crippen LogP contribution < -0.4 is 26.0 Å². The fourth-order valence-corrected chi connectivity index (χ4v) is 4.82. The summed E-state index contributed by atoms with van der Waals surface area (Å²) in [5, 5.41) is 11.2. The summed E-state index contributed by atoms with van der Waals surface area (Å²) in [5.41, 5.74) is 2.73. The van der Waals surface area contributed by atoms with Gasteiger partial charge in [-0.15, -0.1) is 0 Å². The molecule has 3 amide bonds. The Kier molecular flexibility index (Phi) is 15.2. The van der Waals surface area contributed by atoms with E-state index in [0.29, 0.717) is 18.8 Å². The molecule has 0 radical (unpaired) electrons. The smallest absolute Gasteiger partial charge is 0.407 e. The van der Waals surface area contributed by atoms with Gasteiger partial charge in [-0.3, -0.25) is 19.7 Å². The summed E-state index contributed by atoms with van der Waals surface area (Å²) in [6, 6.07) is 23.9. The summed E-state index contributed by atoms with van der Waals surface area (Å²) < 4.78 is 16.1. The van der Waals surface area contributed by atoms with E-state index in [1.165, 1.54) is 14.2 Å². The highest BCUT2D eigenvalue weighted by molar-refractivity contribution is 5.90. The number of hydrogen-bond acceptors (Lipinski definition) is 8. The van der Waals surface area contributed by atoms with Gasteiger partial charge < -0.3 is 30.2 Å². The summed E-state index contributed by atoms with van der Waals surface area (Å²) in [6.45, 7) is 4.56. The molecule has 0 heterocycles. The van der Waals surface area contributed by atoms with Gasteiger partial charge in [0.1, 0.15) is 31.0 Å². The number of methoxy groups -OCH3 is 1. The molecule has 4 N–H and O–H groups in total. The molecule has 0 spiro atoms. The van der Waals surface area contributed by atoms with E-state index in [1.54, 1.807) is 0 Å². The molecule has 47 heavy (non-hydrogen) atoms. The average molecular weight is 647 g/mol. The lowest BCUT2D eigenvalue weighted by Crippen LogP contribution is -2.56. The van der Waals surface area contributed by atoms with E-state index in [4.69, 9.17) is 14.2 Å². The molecule has 0 aliphatic carbocycles. The predicted molar refractivity (Wildman–Crippen MR) is 178 cm³/mol. The van der Waals surface area contributed by atoms with Crippen molar-refractivity contribution in [2.75, 3.05) is 20.7 Å². The normalized spacial score (nSPS) is 12.7. The van der Waals surface area contributed by atoms with Crippen molar-refractivity contribution >= 4 is 23.9 Å². The second kappa shape index (κ2) is 19.6. The molecule has 3 atom stereocenters. The summed E-state index contributed by atoms with van der Waals surface area (Å²) in [7, 11) is 2.77. The van der Waals surface area contributed by atoms with Gasteiger partial charge in [0, 0.05) is 20.0 Å². The van der Waals surface area contributed by atoms with Gasteiger partial charge in [0.2, 0.25) is 11.8 Å². The lowest BCUT2D eigenvalue weighted by atomic mass is 10.00. The zero-order valence-electron chi connectivity index (χ0n) is 27.5. The Balaban J connectivity index is 1.60. The standard InChI is InChI=1S/C36H46N4O7/c1-25(2)21-31(39-30(35(43)45-4)19-20-38-36(44)47-24-28-13-9-6-10-14-28)34(42)40-32(33(41)37-3)22-26-15-17-29(18-16-26)46-23-27-11-7-5-8-12-27/h5-18,25,30-32,39H,19-24H2,1-4H3,(H,37,41)(H,38,44)(H,40,42)/t30-,31+,32+/m1/s1. The SMILES string of the molecule is CNC(=O)[C@H](Cc1ccc(OCc2ccccc2)cc1)NC(=O)[C@H](CC(C)C)N[C@H](CCNC(=O)OCc1ccccc1)C(=O)OC. The van der Waals surface area contributed by atoms with E-state index < -0.39 is 36.1 Å². The number of ether oxygens (including phenoxy) is 3.